The van der Waals surface area contributed by atoms with Crippen molar-refractivity contribution >= 4 is 21.9 Å². The van der Waals surface area contributed by atoms with Gasteiger partial charge >= 0.3 is 5.97 Å². The number of methoxy groups -OCH3 is 1. The Kier molecular flexibility index (Phi) is 3.42. The maximum absolute atomic E-state index is 12.7. The van der Waals surface area contributed by atoms with Crippen LogP contribution < -0.4 is 0 Å². The molecule has 0 radical (unpaired) electrons. The minimum absolute atomic E-state index is 0.370. The number of benzene rings is 1. The highest BCUT2D eigenvalue weighted by atomic mass is 79.9. The number of carbonyl (C=O) groups is 1. The van der Waals surface area contributed by atoms with Crippen LogP contribution in [0.2, 0.25) is 0 Å². The van der Waals surface area contributed by atoms with Crippen molar-refractivity contribution in [1.29, 1.82) is 0 Å². The van der Waals surface area contributed by atoms with Gasteiger partial charge in [-0.25, -0.2) is 4.39 Å². The van der Waals surface area contributed by atoms with E-state index in [1.165, 1.54) is 19.2 Å². The average molecular weight is 247 g/mol. The molecule has 0 N–H and O–H groups in total. The Hall–Kier alpha value is -0.900. The molecule has 0 spiro atoms. The van der Waals surface area contributed by atoms with E-state index in [0.29, 0.717) is 5.56 Å². The highest BCUT2D eigenvalue weighted by Crippen LogP contribution is 2.24. The van der Waals surface area contributed by atoms with Crippen molar-refractivity contribution in [3.63, 3.8) is 0 Å². The van der Waals surface area contributed by atoms with Crippen LogP contribution >= 0.6 is 15.9 Å². The number of hydrogen-bond acceptors (Lipinski definition) is 2. The molecule has 0 aliphatic heterocycles. The molecule has 0 heterocycles. The van der Waals surface area contributed by atoms with E-state index in [-0.39, 0.29) is 5.82 Å². The Morgan fingerprint density at radius 1 is 1.62 bits per heavy atom. The summed E-state index contributed by atoms with van der Waals surface area (Å²) in [5.74, 6) is -0.809. The first-order chi connectivity index (χ1) is 6.15. The van der Waals surface area contributed by atoms with Crippen molar-refractivity contribution in [1.82, 2.24) is 0 Å². The molecule has 1 atom stereocenters. The zero-order chi connectivity index (χ0) is 9.84. The van der Waals surface area contributed by atoms with Gasteiger partial charge in [0, 0.05) is 0 Å². The molecule has 1 aromatic rings. The largest absolute Gasteiger partial charge is 0.468 e. The Balaban J connectivity index is 2.88. The fraction of sp³-hybridized carbons (Fsp3) is 0.222. The second-order valence-corrected chi connectivity index (χ2v) is 3.36. The number of alkyl halides is 1. The third-order valence-electron chi connectivity index (χ3n) is 1.55. The van der Waals surface area contributed by atoms with Crippen LogP contribution in [0.15, 0.2) is 24.3 Å². The third-order valence-corrected chi connectivity index (χ3v) is 2.45. The normalized spacial score (nSPS) is 12.2. The van der Waals surface area contributed by atoms with E-state index in [0.717, 1.165) is 0 Å². The summed E-state index contributed by atoms with van der Waals surface area (Å²) in [4.78, 5) is 10.4. The third kappa shape index (κ3) is 2.52. The lowest BCUT2D eigenvalue weighted by molar-refractivity contribution is -0.139. The molecule has 0 fully saturated rings. The lowest BCUT2D eigenvalue weighted by Crippen LogP contribution is -2.08. The lowest BCUT2D eigenvalue weighted by Gasteiger charge is -2.06. The van der Waals surface area contributed by atoms with E-state index >= 15 is 0 Å². The van der Waals surface area contributed by atoms with E-state index in [2.05, 4.69) is 20.7 Å². The molecular weight excluding hydrogens is 239 g/mol. The van der Waals surface area contributed by atoms with Crippen molar-refractivity contribution in [3.8, 4) is 0 Å². The maximum atomic E-state index is 12.7. The SMILES string of the molecule is COC(=O)[C@H](Br)c1cccc(F)c1. The molecule has 1 aromatic carbocycles. The summed E-state index contributed by atoms with van der Waals surface area (Å²) >= 11 is 3.10. The van der Waals surface area contributed by atoms with Crippen LogP contribution in [-0.2, 0) is 9.53 Å². The van der Waals surface area contributed by atoms with Gasteiger partial charge < -0.3 is 4.74 Å². The van der Waals surface area contributed by atoms with Gasteiger partial charge in [-0.2, -0.15) is 0 Å². The summed E-state index contributed by atoms with van der Waals surface area (Å²) in [6, 6.07) is 5.80. The molecule has 0 amide bonds. The Labute approximate surface area is 83.8 Å². The van der Waals surface area contributed by atoms with Crippen molar-refractivity contribution in [2.75, 3.05) is 7.11 Å². The molecule has 0 aromatic heterocycles. The van der Waals surface area contributed by atoms with Crippen molar-refractivity contribution in [3.05, 3.63) is 35.6 Å². The van der Waals surface area contributed by atoms with E-state index in [1.807, 2.05) is 0 Å². The van der Waals surface area contributed by atoms with Crippen LogP contribution in [0.5, 0.6) is 0 Å². The molecular formula is C9H8BrFO2. The zero-order valence-corrected chi connectivity index (χ0v) is 8.55. The lowest BCUT2D eigenvalue weighted by atomic mass is 10.1. The molecule has 13 heavy (non-hydrogen) atoms. The topological polar surface area (TPSA) is 26.3 Å². The molecule has 0 aliphatic rings. The van der Waals surface area contributed by atoms with Crippen molar-refractivity contribution < 1.29 is 13.9 Å². The van der Waals surface area contributed by atoms with E-state index in [9.17, 15) is 9.18 Å². The first-order valence-corrected chi connectivity index (χ1v) is 4.54. The molecule has 0 unspecified atom stereocenters. The molecule has 4 heteroatoms. The summed E-state index contributed by atoms with van der Waals surface area (Å²) in [6.45, 7) is 0. The van der Waals surface area contributed by atoms with E-state index in [1.54, 1.807) is 12.1 Å². The fourth-order valence-corrected chi connectivity index (χ4v) is 1.38. The molecule has 0 saturated carbocycles. The number of carbonyl (C=O) groups excluding carboxylic acids is 1. The number of rotatable bonds is 2. The number of esters is 1. The predicted octanol–water partition coefficient (Wildman–Crippen LogP) is 2.43. The minimum atomic E-state index is -0.604. The predicted molar refractivity (Wildman–Crippen MR) is 50.1 cm³/mol. The quantitative estimate of drug-likeness (QED) is 0.592. The first-order valence-electron chi connectivity index (χ1n) is 3.62. The molecule has 1 rings (SSSR count). The second-order valence-electron chi connectivity index (χ2n) is 2.44. The van der Waals surface area contributed by atoms with Crippen LogP contribution in [0.3, 0.4) is 0 Å². The maximum Gasteiger partial charge on any atom is 0.323 e. The van der Waals surface area contributed by atoms with Gasteiger partial charge in [0.25, 0.3) is 0 Å². The standard InChI is InChI=1S/C9H8BrFO2/c1-13-9(12)8(10)6-3-2-4-7(11)5-6/h2-5,8H,1H3/t8-/m1/s1. The van der Waals surface area contributed by atoms with Crippen molar-refractivity contribution in [2.24, 2.45) is 0 Å². The monoisotopic (exact) mass is 246 g/mol. The summed E-state index contributed by atoms with van der Waals surface area (Å²) in [6.07, 6.45) is 0. The molecule has 0 bridgehead atoms. The number of hydrogen-bond donors (Lipinski definition) is 0. The second kappa shape index (κ2) is 4.37. The Morgan fingerprint density at radius 3 is 2.85 bits per heavy atom. The Bertz CT molecular complexity index is 314. The zero-order valence-electron chi connectivity index (χ0n) is 6.96. The summed E-state index contributed by atoms with van der Waals surface area (Å²) < 4.78 is 17.2. The van der Waals surface area contributed by atoms with E-state index < -0.39 is 10.8 Å². The van der Waals surface area contributed by atoms with Gasteiger partial charge in [0.1, 0.15) is 10.6 Å². The van der Waals surface area contributed by atoms with Crippen LogP contribution in [-0.4, -0.2) is 13.1 Å². The number of ether oxygens (including phenoxy) is 1. The summed E-state index contributed by atoms with van der Waals surface area (Å²) in [5, 5.41) is 0. The fourth-order valence-electron chi connectivity index (χ4n) is 0.904. The molecule has 2 nitrogen and oxygen atoms in total. The molecule has 70 valence electrons. The van der Waals surface area contributed by atoms with Gasteiger partial charge in [-0.1, -0.05) is 28.1 Å². The van der Waals surface area contributed by atoms with Gasteiger partial charge in [0.15, 0.2) is 0 Å². The van der Waals surface area contributed by atoms with Gasteiger partial charge in [0.05, 0.1) is 7.11 Å². The van der Waals surface area contributed by atoms with Gasteiger partial charge in [-0.15, -0.1) is 0 Å². The minimum Gasteiger partial charge on any atom is -0.468 e. The smallest absolute Gasteiger partial charge is 0.323 e. The van der Waals surface area contributed by atoms with Gasteiger partial charge in [-0.05, 0) is 17.7 Å². The number of halogens is 2. The summed E-state index contributed by atoms with van der Waals surface area (Å²) in [7, 11) is 1.29. The molecule has 0 saturated heterocycles. The van der Waals surface area contributed by atoms with Gasteiger partial charge in [0.2, 0.25) is 0 Å². The van der Waals surface area contributed by atoms with Crippen LogP contribution in [0.4, 0.5) is 4.39 Å². The van der Waals surface area contributed by atoms with Crippen molar-refractivity contribution in [2.45, 2.75) is 4.83 Å². The average Bonchev–Trinajstić information content (AvgIpc) is 2.15. The summed E-state index contributed by atoms with van der Waals surface area (Å²) in [5.41, 5.74) is 0.548. The van der Waals surface area contributed by atoms with E-state index in [4.69, 9.17) is 0 Å². The van der Waals surface area contributed by atoms with Gasteiger partial charge in [-0.3, -0.25) is 4.79 Å². The first kappa shape index (κ1) is 10.2. The highest BCUT2D eigenvalue weighted by molar-refractivity contribution is 9.09. The van der Waals surface area contributed by atoms with Crippen LogP contribution in [0.1, 0.15) is 10.4 Å². The molecule has 0 aliphatic carbocycles. The van der Waals surface area contributed by atoms with Crippen LogP contribution in [0.25, 0.3) is 0 Å². The Morgan fingerprint density at radius 2 is 2.31 bits per heavy atom. The highest BCUT2D eigenvalue weighted by Gasteiger charge is 2.17. The van der Waals surface area contributed by atoms with Crippen LogP contribution in [0, 0.1) is 5.82 Å².